The molecule has 0 saturated heterocycles. The zero-order chi connectivity index (χ0) is 20.1. The Balaban J connectivity index is 1.86. The fraction of sp³-hybridized carbons (Fsp3) is 0.136. The van der Waals surface area contributed by atoms with Crippen LogP contribution in [0.5, 0.6) is 0 Å². The number of nitrogens with zero attached hydrogens (tertiary/aromatic N) is 3. The summed E-state index contributed by atoms with van der Waals surface area (Å²) < 4.78 is 1.66. The first-order chi connectivity index (χ1) is 13.5. The second-order valence-corrected chi connectivity index (χ2v) is 7.20. The molecule has 2 aromatic carbocycles. The van der Waals surface area contributed by atoms with E-state index in [2.05, 4.69) is 10.4 Å². The third-order valence-electron chi connectivity index (χ3n) is 4.14. The Kier molecular flexibility index (Phi) is 5.97. The van der Waals surface area contributed by atoms with Gasteiger partial charge < -0.3 is 5.32 Å². The summed E-state index contributed by atoms with van der Waals surface area (Å²) >= 11 is 1.64. The van der Waals surface area contributed by atoms with Crippen LogP contribution in [0.2, 0.25) is 0 Å². The number of hydrogen-bond donors (Lipinski definition) is 1. The Bertz CT molecular complexity index is 1060. The van der Waals surface area contributed by atoms with Crippen LogP contribution in [0.3, 0.4) is 0 Å². The molecule has 140 valence electrons. The minimum absolute atomic E-state index is 0.0335. The normalized spacial score (nSPS) is 11.1. The van der Waals surface area contributed by atoms with E-state index in [1.165, 1.54) is 0 Å². The van der Waals surface area contributed by atoms with Crippen LogP contribution in [-0.2, 0) is 4.79 Å². The molecule has 3 rings (SSSR count). The van der Waals surface area contributed by atoms with Gasteiger partial charge in [-0.25, -0.2) is 4.68 Å². The Morgan fingerprint density at radius 3 is 2.43 bits per heavy atom. The maximum absolute atomic E-state index is 12.7. The van der Waals surface area contributed by atoms with Gasteiger partial charge in [-0.1, -0.05) is 29.8 Å². The van der Waals surface area contributed by atoms with E-state index in [-0.39, 0.29) is 5.57 Å². The Morgan fingerprint density at radius 1 is 1.14 bits per heavy atom. The number of thioether (sulfide) groups is 1. The first-order valence-electron chi connectivity index (χ1n) is 8.71. The van der Waals surface area contributed by atoms with Gasteiger partial charge in [-0.05, 0) is 56.0 Å². The highest BCUT2D eigenvalue weighted by atomic mass is 32.2. The number of aryl methyl sites for hydroxylation is 2. The number of nitriles is 1. The number of nitrogens with one attached hydrogen (secondary N) is 1. The standard InChI is InChI=1S/C22H20N4OS/c1-15-4-8-19(9-5-15)26-21(12-16(2)25-26)24-22(27)18(14-23)13-17-6-10-20(28-3)11-7-17/h4-13H,1-3H3,(H,24,27)/b18-13+. The molecule has 0 atom stereocenters. The molecule has 0 saturated carbocycles. The summed E-state index contributed by atoms with van der Waals surface area (Å²) in [5.41, 5.74) is 3.58. The van der Waals surface area contributed by atoms with Crippen molar-refractivity contribution >= 4 is 29.6 Å². The molecule has 5 nitrogen and oxygen atoms in total. The second kappa shape index (κ2) is 8.59. The number of rotatable bonds is 5. The van der Waals surface area contributed by atoms with Gasteiger partial charge in [0.2, 0.25) is 0 Å². The molecule has 1 N–H and O–H groups in total. The van der Waals surface area contributed by atoms with Crippen LogP contribution in [0.15, 0.2) is 65.1 Å². The summed E-state index contributed by atoms with van der Waals surface area (Å²) in [5, 5.41) is 16.7. The highest BCUT2D eigenvalue weighted by Crippen LogP contribution is 2.20. The van der Waals surface area contributed by atoms with Crippen molar-refractivity contribution in [2.24, 2.45) is 0 Å². The van der Waals surface area contributed by atoms with Crippen LogP contribution in [0.1, 0.15) is 16.8 Å². The number of anilines is 1. The van der Waals surface area contributed by atoms with Crippen molar-refractivity contribution in [3.05, 3.63) is 77.0 Å². The lowest BCUT2D eigenvalue weighted by molar-refractivity contribution is -0.112. The molecule has 6 heteroatoms. The maximum atomic E-state index is 12.7. The minimum atomic E-state index is -0.468. The molecular weight excluding hydrogens is 368 g/mol. The van der Waals surface area contributed by atoms with Gasteiger partial charge in [-0.15, -0.1) is 11.8 Å². The Hall–Kier alpha value is -3.30. The summed E-state index contributed by atoms with van der Waals surface area (Å²) in [6.07, 6.45) is 3.58. The van der Waals surface area contributed by atoms with Gasteiger partial charge in [0.1, 0.15) is 17.5 Å². The first kappa shape index (κ1) is 19.5. The summed E-state index contributed by atoms with van der Waals surface area (Å²) in [6, 6.07) is 19.3. The number of hydrogen-bond acceptors (Lipinski definition) is 4. The molecule has 0 fully saturated rings. The van der Waals surface area contributed by atoms with Crippen LogP contribution < -0.4 is 5.32 Å². The number of carbonyl (C=O) groups excluding carboxylic acids is 1. The van der Waals surface area contributed by atoms with Gasteiger partial charge >= 0.3 is 0 Å². The number of amides is 1. The quantitative estimate of drug-likeness (QED) is 0.389. The fourth-order valence-electron chi connectivity index (χ4n) is 2.67. The van der Waals surface area contributed by atoms with Gasteiger partial charge in [0.15, 0.2) is 0 Å². The molecule has 0 spiro atoms. The van der Waals surface area contributed by atoms with E-state index in [1.807, 2.05) is 74.7 Å². The molecule has 3 aromatic rings. The Labute approximate surface area is 168 Å². The number of aromatic nitrogens is 2. The van der Waals surface area contributed by atoms with E-state index in [4.69, 9.17) is 0 Å². The monoisotopic (exact) mass is 388 g/mol. The largest absolute Gasteiger partial charge is 0.306 e. The molecule has 28 heavy (non-hydrogen) atoms. The molecule has 0 bridgehead atoms. The van der Waals surface area contributed by atoms with Gasteiger partial charge in [0.25, 0.3) is 5.91 Å². The third-order valence-corrected chi connectivity index (χ3v) is 4.89. The maximum Gasteiger partial charge on any atom is 0.267 e. The zero-order valence-electron chi connectivity index (χ0n) is 15.9. The first-order valence-corrected chi connectivity index (χ1v) is 9.93. The van der Waals surface area contributed by atoms with Gasteiger partial charge in [0, 0.05) is 11.0 Å². The smallest absolute Gasteiger partial charge is 0.267 e. The van der Waals surface area contributed by atoms with E-state index in [1.54, 1.807) is 28.6 Å². The molecule has 1 amide bonds. The van der Waals surface area contributed by atoms with Crippen LogP contribution in [-0.4, -0.2) is 21.9 Å². The summed E-state index contributed by atoms with van der Waals surface area (Å²) in [4.78, 5) is 13.8. The van der Waals surface area contributed by atoms with E-state index >= 15 is 0 Å². The van der Waals surface area contributed by atoms with E-state index in [9.17, 15) is 10.1 Å². The van der Waals surface area contributed by atoms with E-state index in [0.717, 1.165) is 27.4 Å². The van der Waals surface area contributed by atoms with E-state index in [0.29, 0.717) is 5.82 Å². The highest BCUT2D eigenvalue weighted by Gasteiger charge is 2.14. The van der Waals surface area contributed by atoms with Crippen LogP contribution >= 0.6 is 11.8 Å². The van der Waals surface area contributed by atoms with Gasteiger partial charge in [0.05, 0.1) is 11.4 Å². The van der Waals surface area contributed by atoms with Gasteiger partial charge in [-0.3, -0.25) is 4.79 Å². The van der Waals surface area contributed by atoms with Crippen molar-refractivity contribution in [3.8, 4) is 11.8 Å². The predicted molar refractivity (Wildman–Crippen MR) is 113 cm³/mol. The molecule has 0 aliphatic carbocycles. The van der Waals surface area contributed by atoms with Crippen molar-refractivity contribution < 1.29 is 4.79 Å². The lowest BCUT2D eigenvalue weighted by Crippen LogP contribution is -2.16. The van der Waals surface area contributed by atoms with Crippen molar-refractivity contribution in [1.82, 2.24) is 9.78 Å². The molecule has 0 aliphatic rings. The molecule has 0 unspecified atom stereocenters. The summed E-state index contributed by atoms with van der Waals surface area (Å²) in [5.74, 6) is 0.0509. The van der Waals surface area contributed by atoms with E-state index < -0.39 is 5.91 Å². The molecule has 1 heterocycles. The third kappa shape index (κ3) is 4.51. The second-order valence-electron chi connectivity index (χ2n) is 6.32. The minimum Gasteiger partial charge on any atom is -0.306 e. The fourth-order valence-corrected chi connectivity index (χ4v) is 3.08. The molecule has 0 radical (unpaired) electrons. The van der Waals surface area contributed by atoms with Crippen molar-refractivity contribution in [3.63, 3.8) is 0 Å². The van der Waals surface area contributed by atoms with Crippen molar-refractivity contribution in [2.75, 3.05) is 11.6 Å². The average molecular weight is 388 g/mol. The van der Waals surface area contributed by atoms with Gasteiger partial charge in [-0.2, -0.15) is 10.4 Å². The predicted octanol–water partition coefficient (Wildman–Crippen LogP) is 4.76. The summed E-state index contributed by atoms with van der Waals surface area (Å²) in [7, 11) is 0. The molecular formula is C22H20N4OS. The number of carbonyl (C=O) groups is 1. The number of benzene rings is 2. The SMILES string of the molecule is CSc1ccc(/C=C(\C#N)C(=O)Nc2cc(C)nn2-c2ccc(C)cc2)cc1. The van der Waals surface area contributed by atoms with Crippen LogP contribution in [0.4, 0.5) is 5.82 Å². The highest BCUT2D eigenvalue weighted by molar-refractivity contribution is 7.98. The Morgan fingerprint density at radius 2 is 1.82 bits per heavy atom. The van der Waals surface area contributed by atoms with Crippen molar-refractivity contribution in [2.45, 2.75) is 18.7 Å². The summed E-state index contributed by atoms with van der Waals surface area (Å²) in [6.45, 7) is 3.87. The lowest BCUT2D eigenvalue weighted by Gasteiger charge is -2.09. The molecule has 1 aromatic heterocycles. The lowest BCUT2D eigenvalue weighted by atomic mass is 10.1. The van der Waals surface area contributed by atoms with Crippen LogP contribution in [0, 0.1) is 25.2 Å². The molecule has 0 aliphatic heterocycles. The topological polar surface area (TPSA) is 70.7 Å². The average Bonchev–Trinajstić information content (AvgIpc) is 3.07. The van der Waals surface area contributed by atoms with Crippen LogP contribution in [0.25, 0.3) is 11.8 Å². The van der Waals surface area contributed by atoms with Crippen molar-refractivity contribution in [1.29, 1.82) is 5.26 Å². The zero-order valence-corrected chi connectivity index (χ0v) is 16.7.